The highest BCUT2D eigenvalue weighted by molar-refractivity contribution is 5.80. The molecule has 2 rings (SSSR count). The van der Waals surface area contributed by atoms with Crippen LogP contribution in [-0.4, -0.2) is 31.1 Å². The van der Waals surface area contributed by atoms with E-state index in [2.05, 4.69) is 5.32 Å². The molecule has 144 valence electrons. The number of hydrogen-bond donors (Lipinski definition) is 1. The predicted molar refractivity (Wildman–Crippen MR) is 96.9 cm³/mol. The van der Waals surface area contributed by atoms with Crippen LogP contribution >= 0.6 is 0 Å². The lowest BCUT2D eigenvalue weighted by Crippen LogP contribution is -2.34. The van der Waals surface area contributed by atoms with E-state index in [0.29, 0.717) is 17.6 Å². The van der Waals surface area contributed by atoms with Crippen LogP contribution in [0.2, 0.25) is 0 Å². The third-order valence-electron chi connectivity index (χ3n) is 3.35. The SMILES string of the molecule is CC(C)(C)OC(=O)NCCOc1cc(C=O)cc(-c2ccc(F)cc2F)c1. The largest absolute Gasteiger partial charge is 0.492 e. The van der Waals surface area contributed by atoms with Gasteiger partial charge in [0.05, 0.1) is 6.54 Å². The molecule has 0 heterocycles. The monoisotopic (exact) mass is 377 g/mol. The van der Waals surface area contributed by atoms with Crippen molar-refractivity contribution < 1.29 is 27.8 Å². The van der Waals surface area contributed by atoms with Gasteiger partial charge >= 0.3 is 6.09 Å². The quantitative estimate of drug-likeness (QED) is 0.601. The molecule has 1 amide bonds. The summed E-state index contributed by atoms with van der Waals surface area (Å²) in [7, 11) is 0. The van der Waals surface area contributed by atoms with Crippen molar-refractivity contribution in [2.75, 3.05) is 13.2 Å². The molecular weight excluding hydrogens is 356 g/mol. The number of carbonyl (C=O) groups excluding carboxylic acids is 2. The summed E-state index contributed by atoms with van der Waals surface area (Å²) in [5.41, 5.74) is 0.215. The molecule has 0 saturated heterocycles. The van der Waals surface area contributed by atoms with Crippen molar-refractivity contribution in [1.29, 1.82) is 0 Å². The molecule has 0 aliphatic heterocycles. The van der Waals surface area contributed by atoms with Crippen LogP contribution in [0.25, 0.3) is 11.1 Å². The lowest BCUT2D eigenvalue weighted by Gasteiger charge is -2.19. The van der Waals surface area contributed by atoms with Crippen LogP contribution < -0.4 is 10.1 Å². The normalized spacial score (nSPS) is 11.0. The van der Waals surface area contributed by atoms with Crippen molar-refractivity contribution in [3.05, 3.63) is 53.6 Å². The number of benzene rings is 2. The number of ether oxygens (including phenoxy) is 2. The van der Waals surface area contributed by atoms with Crippen LogP contribution in [0.15, 0.2) is 36.4 Å². The van der Waals surface area contributed by atoms with Gasteiger partial charge in [0, 0.05) is 17.2 Å². The number of alkyl carbamates (subject to hydrolysis) is 1. The first-order valence-corrected chi connectivity index (χ1v) is 8.33. The van der Waals surface area contributed by atoms with E-state index in [9.17, 15) is 18.4 Å². The lowest BCUT2D eigenvalue weighted by molar-refractivity contribution is 0.0520. The van der Waals surface area contributed by atoms with Gasteiger partial charge in [-0.05, 0) is 56.7 Å². The fraction of sp³-hybridized carbons (Fsp3) is 0.300. The maximum Gasteiger partial charge on any atom is 0.407 e. The van der Waals surface area contributed by atoms with Gasteiger partial charge in [-0.25, -0.2) is 13.6 Å². The second kappa shape index (κ2) is 8.62. The maximum absolute atomic E-state index is 14.0. The Morgan fingerprint density at radius 3 is 2.52 bits per heavy atom. The molecule has 0 saturated carbocycles. The van der Waals surface area contributed by atoms with Crippen molar-refractivity contribution in [2.45, 2.75) is 26.4 Å². The number of hydrogen-bond acceptors (Lipinski definition) is 4. The van der Waals surface area contributed by atoms with E-state index in [1.807, 2.05) is 0 Å². The Labute approximate surface area is 156 Å². The summed E-state index contributed by atoms with van der Waals surface area (Å²) < 4.78 is 37.7. The van der Waals surface area contributed by atoms with Crippen LogP contribution in [0, 0.1) is 11.6 Å². The van der Waals surface area contributed by atoms with Gasteiger partial charge in [-0.2, -0.15) is 0 Å². The van der Waals surface area contributed by atoms with Crippen LogP contribution in [0.1, 0.15) is 31.1 Å². The topological polar surface area (TPSA) is 64.6 Å². The van der Waals surface area contributed by atoms with Crippen molar-refractivity contribution in [2.24, 2.45) is 0 Å². The minimum absolute atomic E-state index is 0.118. The lowest BCUT2D eigenvalue weighted by atomic mass is 10.0. The molecule has 0 bridgehead atoms. The maximum atomic E-state index is 14.0. The number of halogens is 2. The first-order chi connectivity index (χ1) is 12.7. The highest BCUT2D eigenvalue weighted by atomic mass is 19.1. The highest BCUT2D eigenvalue weighted by Gasteiger charge is 2.15. The predicted octanol–water partition coefficient (Wildman–Crippen LogP) is 4.35. The molecule has 0 aliphatic rings. The molecule has 0 atom stereocenters. The third kappa shape index (κ3) is 6.36. The van der Waals surface area contributed by atoms with Crippen molar-refractivity contribution in [3.63, 3.8) is 0 Å². The molecule has 2 aromatic rings. The molecule has 2 aromatic carbocycles. The molecule has 27 heavy (non-hydrogen) atoms. The average Bonchev–Trinajstić information content (AvgIpc) is 2.57. The summed E-state index contributed by atoms with van der Waals surface area (Å²) in [6.07, 6.45) is 0.0401. The second-order valence-electron chi connectivity index (χ2n) is 6.81. The van der Waals surface area contributed by atoms with E-state index < -0.39 is 23.3 Å². The van der Waals surface area contributed by atoms with Crippen molar-refractivity contribution in [3.8, 4) is 16.9 Å². The fourth-order valence-corrected chi connectivity index (χ4v) is 2.29. The Kier molecular flexibility index (Phi) is 6.50. The zero-order chi connectivity index (χ0) is 20.0. The molecule has 0 aliphatic carbocycles. The Morgan fingerprint density at radius 1 is 1.15 bits per heavy atom. The summed E-state index contributed by atoms with van der Waals surface area (Å²) in [6, 6.07) is 7.71. The van der Waals surface area contributed by atoms with Gasteiger partial charge in [-0.15, -0.1) is 0 Å². The van der Waals surface area contributed by atoms with Crippen LogP contribution in [0.4, 0.5) is 13.6 Å². The van der Waals surface area contributed by atoms with Gasteiger partial charge in [-0.3, -0.25) is 4.79 Å². The first-order valence-electron chi connectivity index (χ1n) is 8.33. The number of rotatable bonds is 6. The van der Waals surface area contributed by atoms with Crippen LogP contribution in [0.3, 0.4) is 0 Å². The molecule has 0 radical (unpaired) electrons. The fourth-order valence-electron chi connectivity index (χ4n) is 2.29. The third-order valence-corrected chi connectivity index (χ3v) is 3.35. The zero-order valence-corrected chi connectivity index (χ0v) is 15.3. The molecule has 0 fully saturated rings. The number of amides is 1. The first kappa shape index (κ1) is 20.4. The van der Waals surface area contributed by atoms with Gasteiger partial charge in [0.2, 0.25) is 0 Å². The van der Waals surface area contributed by atoms with E-state index in [1.54, 1.807) is 20.8 Å². The summed E-state index contributed by atoms with van der Waals surface area (Å²) in [5.74, 6) is -1.10. The zero-order valence-electron chi connectivity index (χ0n) is 15.3. The summed E-state index contributed by atoms with van der Waals surface area (Å²) in [5, 5.41) is 2.54. The Bertz CT molecular complexity index is 831. The van der Waals surface area contributed by atoms with E-state index in [4.69, 9.17) is 9.47 Å². The highest BCUT2D eigenvalue weighted by Crippen LogP contribution is 2.28. The summed E-state index contributed by atoms with van der Waals surface area (Å²) in [6.45, 7) is 5.56. The Hall–Kier alpha value is -2.96. The Balaban J connectivity index is 2.05. The van der Waals surface area contributed by atoms with Crippen LogP contribution in [0.5, 0.6) is 5.75 Å². The summed E-state index contributed by atoms with van der Waals surface area (Å²) >= 11 is 0. The molecular formula is C20H21F2NO4. The van der Waals surface area contributed by atoms with Gasteiger partial charge in [0.25, 0.3) is 0 Å². The number of aldehydes is 1. The van der Waals surface area contributed by atoms with E-state index in [0.717, 1.165) is 12.1 Å². The van der Waals surface area contributed by atoms with E-state index in [1.165, 1.54) is 24.3 Å². The average molecular weight is 377 g/mol. The minimum atomic E-state index is -0.740. The van der Waals surface area contributed by atoms with Crippen LogP contribution in [-0.2, 0) is 4.74 Å². The van der Waals surface area contributed by atoms with Gasteiger partial charge in [-0.1, -0.05) is 0 Å². The van der Waals surface area contributed by atoms with E-state index in [-0.39, 0.29) is 24.3 Å². The summed E-state index contributed by atoms with van der Waals surface area (Å²) in [4.78, 5) is 22.7. The molecule has 0 aromatic heterocycles. The molecule has 1 N–H and O–H groups in total. The standard InChI is InChI=1S/C20H21F2NO4/c1-20(2,3)27-19(25)23-6-7-26-16-9-13(12-24)8-14(10-16)17-5-4-15(21)11-18(17)22/h4-5,8-12H,6-7H2,1-3H3,(H,23,25). The molecule has 5 nitrogen and oxygen atoms in total. The molecule has 0 unspecified atom stereocenters. The number of carbonyl (C=O) groups is 2. The smallest absolute Gasteiger partial charge is 0.407 e. The van der Waals surface area contributed by atoms with Gasteiger partial charge in [0.15, 0.2) is 0 Å². The molecule has 7 heteroatoms. The van der Waals surface area contributed by atoms with Crippen molar-refractivity contribution >= 4 is 12.4 Å². The van der Waals surface area contributed by atoms with Crippen molar-refractivity contribution in [1.82, 2.24) is 5.32 Å². The van der Waals surface area contributed by atoms with Gasteiger partial charge < -0.3 is 14.8 Å². The Morgan fingerprint density at radius 2 is 1.89 bits per heavy atom. The van der Waals surface area contributed by atoms with Gasteiger partial charge in [0.1, 0.15) is 35.9 Å². The molecule has 0 spiro atoms. The number of nitrogens with one attached hydrogen (secondary N) is 1. The second-order valence-corrected chi connectivity index (χ2v) is 6.81. The van der Waals surface area contributed by atoms with E-state index >= 15 is 0 Å². The minimum Gasteiger partial charge on any atom is -0.492 e.